The molecule has 1 N–H and O–H groups in total. The average molecular weight is 217 g/mol. The van der Waals surface area contributed by atoms with Crippen molar-refractivity contribution in [1.82, 2.24) is 5.32 Å². The van der Waals surface area contributed by atoms with E-state index >= 15 is 0 Å². The molecule has 0 spiro atoms. The first kappa shape index (κ1) is 10.9. The van der Waals surface area contributed by atoms with Crippen LogP contribution in [0, 0.1) is 5.92 Å². The third kappa shape index (κ3) is 2.48. The number of hydrogen-bond donors (Lipinski definition) is 1. The summed E-state index contributed by atoms with van der Waals surface area (Å²) in [6.07, 6.45) is 3.06. The normalized spacial score (nSPS) is 15.2. The van der Waals surface area contributed by atoms with Crippen LogP contribution in [-0.2, 0) is 4.79 Å². The van der Waals surface area contributed by atoms with Crippen molar-refractivity contribution in [2.24, 2.45) is 5.92 Å². The van der Waals surface area contributed by atoms with Gasteiger partial charge in [0.15, 0.2) is 5.78 Å². The van der Waals surface area contributed by atoms with Crippen LogP contribution in [-0.4, -0.2) is 18.2 Å². The summed E-state index contributed by atoms with van der Waals surface area (Å²) >= 11 is 0. The molecular weight excluding hydrogens is 202 g/mol. The Morgan fingerprint density at radius 2 is 1.88 bits per heavy atom. The SMILES string of the molecule is O=C(CNC(=O)C1CCC1)c1ccccc1. The van der Waals surface area contributed by atoms with Gasteiger partial charge >= 0.3 is 0 Å². The Bertz CT molecular complexity index is 382. The molecule has 1 fully saturated rings. The number of rotatable bonds is 4. The first-order valence-corrected chi connectivity index (χ1v) is 5.63. The molecule has 84 valence electrons. The molecule has 1 aliphatic rings. The molecule has 1 aliphatic carbocycles. The molecule has 0 aromatic heterocycles. The van der Waals surface area contributed by atoms with Crippen molar-refractivity contribution in [2.45, 2.75) is 19.3 Å². The van der Waals surface area contributed by atoms with E-state index in [2.05, 4.69) is 5.32 Å². The van der Waals surface area contributed by atoms with Gasteiger partial charge in [-0.3, -0.25) is 9.59 Å². The molecule has 1 amide bonds. The molecule has 1 aromatic rings. The maximum absolute atomic E-state index is 11.7. The molecule has 3 nitrogen and oxygen atoms in total. The van der Waals surface area contributed by atoms with E-state index in [1.807, 2.05) is 18.2 Å². The highest BCUT2D eigenvalue weighted by Crippen LogP contribution is 2.26. The summed E-state index contributed by atoms with van der Waals surface area (Å²) in [5, 5.41) is 2.69. The number of carbonyl (C=O) groups excluding carboxylic acids is 2. The first-order valence-electron chi connectivity index (χ1n) is 5.63. The monoisotopic (exact) mass is 217 g/mol. The van der Waals surface area contributed by atoms with Crippen LogP contribution in [0.1, 0.15) is 29.6 Å². The van der Waals surface area contributed by atoms with Crippen molar-refractivity contribution in [1.29, 1.82) is 0 Å². The van der Waals surface area contributed by atoms with Crippen LogP contribution in [0.15, 0.2) is 30.3 Å². The van der Waals surface area contributed by atoms with E-state index < -0.39 is 0 Å². The highest BCUT2D eigenvalue weighted by molar-refractivity contribution is 5.99. The second kappa shape index (κ2) is 4.92. The Hall–Kier alpha value is -1.64. The van der Waals surface area contributed by atoms with Crippen molar-refractivity contribution < 1.29 is 9.59 Å². The van der Waals surface area contributed by atoms with Crippen molar-refractivity contribution in [3.63, 3.8) is 0 Å². The molecule has 0 heterocycles. The molecule has 0 bridgehead atoms. The van der Waals surface area contributed by atoms with Gasteiger partial charge < -0.3 is 5.32 Å². The van der Waals surface area contributed by atoms with E-state index in [0.29, 0.717) is 5.56 Å². The number of nitrogens with one attached hydrogen (secondary N) is 1. The van der Waals surface area contributed by atoms with Crippen LogP contribution in [0.3, 0.4) is 0 Å². The quantitative estimate of drug-likeness (QED) is 0.781. The van der Waals surface area contributed by atoms with Gasteiger partial charge in [-0.05, 0) is 12.8 Å². The van der Waals surface area contributed by atoms with Gasteiger partial charge in [-0.15, -0.1) is 0 Å². The van der Waals surface area contributed by atoms with Crippen molar-refractivity contribution >= 4 is 11.7 Å². The number of hydrogen-bond acceptors (Lipinski definition) is 2. The molecule has 0 unspecified atom stereocenters. The van der Waals surface area contributed by atoms with Gasteiger partial charge in [0.25, 0.3) is 0 Å². The molecular formula is C13H15NO2. The molecule has 3 heteroatoms. The Balaban J connectivity index is 1.81. The molecule has 16 heavy (non-hydrogen) atoms. The Morgan fingerprint density at radius 1 is 1.19 bits per heavy atom. The van der Waals surface area contributed by atoms with Gasteiger partial charge in [0.1, 0.15) is 0 Å². The topological polar surface area (TPSA) is 46.2 Å². The Morgan fingerprint density at radius 3 is 2.44 bits per heavy atom. The zero-order valence-electron chi connectivity index (χ0n) is 9.11. The van der Waals surface area contributed by atoms with E-state index in [4.69, 9.17) is 0 Å². The van der Waals surface area contributed by atoms with Crippen LogP contribution in [0.25, 0.3) is 0 Å². The summed E-state index contributed by atoms with van der Waals surface area (Å²) < 4.78 is 0. The number of benzene rings is 1. The van der Waals surface area contributed by atoms with Crippen LogP contribution < -0.4 is 5.32 Å². The maximum Gasteiger partial charge on any atom is 0.223 e. The zero-order valence-corrected chi connectivity index (χ0v) is 9.11. The molecule has 1 aromatic carbocycles. The predicted molar refractivity (Wildman–Crippen MR) is 61.1 cm³/mol. The van der Waals surface area contributed by atoms with Gasteiger partial charge in [-0.2, -0.15) is 0 Å². The van der Waals surface area contributed by atoms with Crippen LogP contribution in [0.2, 0.25) is 0 Å². The van der Waals surface area contributed by atoms with Gasteiger partial charge in [-0.25, -0.2) is 0 Å². The lowest BCUT2D eigenvalue weighted by atomic mass is 9.85. The molecule has 0 atom stereocenters. The number of carbonyl (C=O) groups is 2. The second-order valence-electron chi connectivity index (χ2n) is 4.13. The van der Waals surface area contributed by atoms with E-state index in [0.717, 1.165) is 19.3 Å². The van der Waals surface area contributed by atoms with E-state index in [1.165, 1.54) is 0 Å². The van der Waals surface area contributed by atoms with E-state index in [-0.39, 0.29) is 24.2 Å². The summed E-state index contributed by atoms with van der Waals surface area (Å²) in [4.78, 5) is 23.2. The zero-order chi connectivity index (χ0) is 11.4. The minimum absolute atomic E-state index is 0.0236. The molecule has 0 saturated heterocycles. The second-order valence-corrected chi connectivity index (χ2v) is 4.13. The summed E-state index contributed by atoms with van der Waals surface area (Å²) in [5.74, 6) is 0.132. The maximum atomic E-state index is 11.7. The van der Waals surface area contributed by atoms with Gasteiger partial charge in [0.2, 0.25) is 5.91 Å². The van der Waals surface area contributed by atoms with Crippen LogP contribution in [0.5, 0.6) is 0 Å². The average Bonchev–Trinajstić information content (AvgIpc) is 2.25. The van der Waals surface area contributed by atoms with Crippen molar-refractivity contribution in [3.05, 3.63) is 35.9 Å². The smallest absolute Gasteiger partial charge is 0.223 e. The minimum atomic E-state index is -0.0340. The lowest BCUT2D eigenvalue weighted by Crippen LogP contribution is -2.37. The molecule has 0 radical (unpaired) electrons. The summed E-state index contributed by atoms with van der Waals surface area (Å²) in [6.45, 7) is 0.110. The Kier molecular flexibility index (Phi) is 3.34. The minimum Gasteiger partial charge on any atom is -0.348 e. The fourth-order valence-electron chi connectivity index (χ4n) is 1.71. The number of Topliss-reactive ketones (excluding diaryl/α,β-unsaturated/α-hetero) is 1. The van der Waals surface area contributed by atoms with Crippen LogP contribution >= 0.6 is 0 Å². The third-order valence-electron chi connectivity index (χ3n) is 2.99. The van der Waals surface area contributed by atoms with Crippen molar-refractivity contribution in [2.75, 3.05) is 6.54 Å². The van der Waals surface area contributed by atoms with E-state index in [1.54, 1.807) is 12.1 Å². The van der Waals surface area contributed by atoms with Gasteiger partial charge in [0, 0.05) is 11.5 Å². The summed E-state index contributed by atoms with van der Waals surface area (Å²) in [6, 6.07) is 9.03. The highest BCUT2D eigenvalue weighted by atomic mass is 16.2. The lowest BCUT2D eigenvalue weighted by molar-refractivity contribution is -0.127. The van der Waals surface area contributed by atoms with Crippen LogP contribution in [0.4, 0.5) is 0 Å². The molecule has 0 aliphatic heterocycles. The highest BCUT2D eigenvalue weighted by Gasteiger charge is 2.25. The lowest BCUT2D eigenvalue weighted by Gasteiger charge is -2.23. The summed E-state index contributed by atoms with van der Waals surface area (Å²) in [7, 11) is 0. The van der Waals surface area contributed by atoms with E-state index in [9.17, 15) is 9.59 Å². The first-order chi connectivity index (χ1) is 7.77. The van der Waals surface area contributed by atoms with Gasteiger partial charge in [0.05, 0.1) is 6.54 Å². The number of amides is 1. The fourth-order valence-corrected chi connectivity index (χ4v) is 1.71. The summed E-state index contributed by atoms with van der Waals surface area (Å²) in [5.41, 5.74) is 0.649. The largest absolute Gasteiger partial charge is 0.348 e. The molecule has 2 rings (SSSR count). The van der Waals surface area contributed by atoms with Crippen molar-refractivity contribution in [3.8, 4) is 0 Å². The predicted octanol–water partition coefficient (Wildman–Crippen LogP) is 1.79. The standard InChI is InChI=1S/C13H15NO2/c15-12(10-5-2-1-3-6-10)9-14-13(16)11-7-4-8-11/h1-3,5-6,11H,4,7-9H2,(H,14,16). The van der Waals surface area contributed by atoms with Gasteiger partial charge in [-0.1, -0.05) is 36.8 Å². The Labute approximate surface area is 94.9 Å². The fraction of sp³-hybridized carbons (Fsp3) is 0.385. The number of ketones is 1. The molecule has 1 saturated carbocycles. The third-order valence-corrected chi connectivity index (χ3v) is 2.99.